The fourth-order valence-corrected chi connectivity index (χ4v) is 12.4. The molecule has 378 valence electrons. The number of anilines is 3. The van der Waals surface area contributed by atoms with Crippen LogP contribution in [0.1, 0.15) is 132 Å². The van der Waals surface area contributed by atoms with Crippen molar-refractivity contribution in [2.24, 2.45) is 0 Å². The van der Waals surface area contributed by atoms with Crippen LogP contribution in [-0.2, 0) is 27.5 Å². The van der Waals surface area contributed by atoms with E-state index in [0.717, 1.165) is 89.6 Å². The third-order valence-electron chi connectivity index (χ3n) is 16.6. The van der Waals surface area contributed by atoms with Crippen LogP contribution in [0.3, 0.4) is 0 Å². The van der Waals surface area contributed by atoms with Crippen molar-refractivity contribution >= 4 is 17.1 Å². The maximum absolute atomic E-state index is 9.51. The van der Waals surface area contributed by atoms with Crippen LogP contribution < -0.4 is 19.1 Å². The van der Waals surface area contributed by atoms with Crippen molar-refractivity contribution in [3.8, 4) is 72.6 Å². The summed E-state index contributed by atoms with van der Waals surface area (Å²) in [5.74, 6) is -0.408. The van der Waals surface area contributed by atoms with Crippen LogP contribution in [0.25, 0.3) is 66.9 Å². The summed E-state index contributed by atoms with van der Waals surface area (Å²) in [6, 6.07) is 63.8. The van der Waals surface area contributed by atoms with Gasteiger partial charge in [-0.3, -0.25) is 0 Å². The van der Waals surface area contributed by atoms with Gasteiger partial charge in [0, 0.05) is 44.2 Å². The number of hydrogen-bond donors (Lipinski definition) is 0. The maximum Gasteiger partial charge on any atom is 0.432 e. The van der Waals surface area contributed by atoms with Gasteiger partial charge in [-0.2, -0.15) is 0 Å². The number of benzene rings is 8. The van der Waals surface area contributed by atoms with Gasteiger partial charge in [-0.05, 0) is 132 Å². The summed E-state index contributed by atoms with van der Waals surface area (Å²) in [5, 5.41) is 0. The van der Waals surface area contributed by atoms with Crippen LogP contribution >= 0.6 is 0 Å². The monoisotopic (exact) mass is 996 g/mol. The van der Waals surface area contributed by atoms with Crippen LogP contribution in [-0.4, -0.2) is 0 Å². The Morgan fingerprint density at radius 1 is 0.461 bits per heavy atom. The van der Waals surface area contributed by atoms with Gasteiger partial charge in [-0.15, -0.1) is 4.57 Å². The zero-order valence-electron chi connectivity index (χ0n) is 49.1. The molecule has 2 atom stereocenters. The molecule has 4 aliphatic rings. The first kappa shape index (κ1) is 44.6. The van der Waals surface area contributed by atoms with Crippen molar-refractivity contribution in [2.45, 2.75) is 124 Å². The van der Waals surface area contributed by atoms with Crippen LogP contribution in [0.15, 0.2) is 182 Å². The highest BCUT2D eigenvalue weighted by Crippen LogP contribution is 2.68. The van der Waals surface area contributed by atoms with Gasteiger partial charge in [0.1, 0.15) is 17.5 Å². The molecule has 4 aliphatic heterocycles. The van der Waals surface area contributed by atoms with Crippen molar-refractivity contribution in [1.29, 1.82) is 0 Å². The number of ether oxygens (including phenoxy) is 1. The number of hydrogen-bond acceptors (Lipinski definition) is 3. The third-order valence-corrected chi connectivity index (χ3v) is 16.6. The molecule has 0 saturated carbocycles. The molecule has 0 N–H and O–H groups in total. The number of rotatable bonds is 5. The zero-order chi connectivity index (χ0) is 55.5. The molecule has 2 unspecified atom stereocenters. The third kappa shape index (κ3) is 7.27. The number of aromatic nitrogens is 1. The lowest BCUT2D eigenvalue weighted by Gasteiger charge is -2.49. The van der Waals surface area contributed by atoms with Gasteiger partial charge < -0.3 is 9.64 Å². The minimum absolute atomic E-state index is 0.119. The molecular weight excluding hydrogens is 923 g/mol. The fourth-order valence-electron chi connectivity index (χ4n) is 12.4. The molecule has 0 bridgehead atoms. The van der Waals surface area contributed by atoms with Gasteiger partial charge in [0.2, 0.25) is 5.69 Å². The Bertz CT molecular complexity index is 3930. The topological polar surface area (TPSA) is 19.6 Å². The van der Waals surface area contributed by atoms with Crippen LogP contribution in [0.5, 0.6) is 5.75 Å². The number of para-hydroxylation sites is 1. The lowest BCUT2D eigenvalue weighted by Crippen LogP contribution is -2.71. The number of aryl methyl sites for hydroxylation is 1. The van der Waals surface area contributed by atoms with Gasteiger partial charge in [0.25, 0.3) is 0 Å². The molecule has 5 heterocycles. The van der Waals surface area contributed by atoms with E-state index < -0.39 is 18.9 Å². The largest absolute Gasteiger partial charge is 0.432 e. The SMILES string of the molecule is [2H]C([2H])([2H])c1cc(-c2cc(C(C)(C)C)cc(C(C)(C)C)c2)ccc1N1c2cccc3c2N2C1c1cc(C(C)(C)C)cc(C(C)(C)C)c1OC21c2c-3cc(-c3ccccc3)cc2-c2cc(-c3ccc(-c4ccccc4)cc3)cc[n+]21. The van der Waals surface area contributed by atoms with E-state index in [4.69, 9.17) is 4.74 Å². The van der Waals surface area contributed by atoms with Gasteiger partial charge in [-0.25, -0.2) is 4.90 Å². The summed E-state index contributed by atoms with van der Waals surface area (Å²) in [7, 11) is 0. The van der Waals surface area contributed by atoms with E-state index in [1.807, 2.05) is 6.07 Å². The second-order valence-corrected chi connectivity index (χ2v) is 25.9. The van der Waals surface area contributed by atoms with Crippen molar-refractivity contribution < 1.29 is 13.4 Å². The van der Waals surface area contributed by atoms with E-state index in [9.17, 15) is 4.11 Å². The smallest absolute Gasteiger partial charge is 0.410 e. The maximum atomic E-state index is 9.51. The molecule has 0 amide bonds. The van der Waals surface area contributed by atoms with E-state index in [1.165, 1.54) is 27.8 Å². The molecular formula is C72H70N3O+. The summed E-state index contributed by atoms with van der Waals surface area (Å²) in [4.78, 5) is 4.86. The molecule has 0 radical (unpaired) electrons. The summed E-state index contributed by atoms with van der Waals surface area (Å²) in [6.45, 7) is 24.7. The predicted molar refractivity (Wildman–Crippen MR) is 317 cm³/mol. The highest BCUT2D eigenvalue weighted by Gasteiger charge is 2.70. The Kier molecular flexibility index (Phi) is 9.63. The summed E-state index contributed by atoms with van der Waals surface area (Å²) in [6.07, 6.45) is 1.70. The molecule has 1 spiro atoms. The van der Waals surface area contributed by atoms with Crippen LogP contribution in [0, 0.1) is 6.85 Å². The Morgan fingerprint density at radius 2 is 1.01 bits per heavy atom. The predicted octanol–water partition coefficient (Wildman–Crippen LogP) is 18.5. The Labute approximate surface area is 455 Å². The van der Waals surface area contributed by atoms with E-state index in [1.54, 1.807) is 0 Å². The van der Waals surface area contributed by atoms with E-state index >= 15 is 0 Å². The van der Waals surface area contributed by atoms with Crippen molar-refractivity contribution in [3.63, 3.8) is 0 Å². The van der Waals surface area contributed by atoms with E-state index in [2.05, 4.69) is 274 Å². The molecule has 0 aliphatic carbocycles. The molecule has 0 saturated heterocycles. The van der Waals surface area contributed by atoms with E-state index in [-0.39, 0.29) is 21.7 Å². The summed E-state index contributed by atoms with van der Waals surface area (Å²) in [5.41, 5.74) is 21.9. The first-order chi connectivity index (χ1) is 37.3. The second kappa shape index (κ2) is 16.4. The van der Waals surface area contributed by atoms with Crippen LogP contribution in [0.2, 0.25) is 0 Å². The minimum atomic E-state index is -2.48. The summed E-state index contributed by atoms with van der Waals surface area (Å²) >= 11 is 0. The number of nitrogens with zero attached hydrogens (tertiary/aromatic N) is 3. The number of pyridine rings is 1. The molecule has 4 nitrogen and oxygen atoms in total. The Balaban J connectivity index is 1.11. The summed E-state index contributed by atoms with van der Waals surface area (Å²) < 4.78 is 39.1. The van der Waals surface area contributed by atoms with Gasteiger partial charge in [-0.1, -0.05) is 210 Å². The van der Waals surface area contributed by atoms with Crippen molar-refractivity contribution in [3.05, 3.63) is 221 Å². The normalized spacial score (nSPS) is 17.7. The average molecular weight is 996 g/mol. The van der Waals surface area contributed by atoms with Crippen LogP contribution in [0.4, 0.5) is 17.1 Å². The highest BCUT2D eigenvalue weighted by molar-refractivity contribution is 6.03. The Morgan fingerprint density at radius 3 is 1.63 bits per heavy atom. The highest BCUT2D eigenvalue weighted by atomic mass is 16.5. The molecule has 13 rings (SSSR count). The van der Waals surface area contributed by atoms with Gasteiger partial charge in [0.05, 0.1) is 16.9 Å². The van der Waals surface area contributed by atoms with Crippen molar-refractivity contribution in [1.82, 2.24) is 0 Å². The molecule has 76 heavy (non-hydrogen) atoms. The molecule has 1 aromatic heterocycles. The lowest BCUT2D eigenvalue weighted by molar-refractivity contribution is -0.774. The van der Waals surface area contributed by atoms with Gasteiger partial charge in [0.15, 0.2) is 6.20 Å². The molecule has 8 aromatic carbocycles. The minimum Gasteiger partial charge on any atom is -0.410 e. The average Bonchev–Trinajstić information content (AvgIpc) is 1.84. The second-order valence-electron chi connectivity index (χ2n) is 25.9. The standard InChI is InChI=1S/C72H70N3O/c1-44-35-49(51-36-53(68(2,3)4)41-54(37-51)69(5,6)7)31-32-61(44)74-62-26-20-25-56-57-38-52(46-23-18-15-19-24-46)39-58-63-40-50(48-29-27-47(28-30-48)45-21-16-14-17-22-45)33-34-73(63)72(64(57)58)75(65(56)62)67(74)59-42-55(70(8,9)10)43-60(66(59)76-72)71(11,12)13/h14-43,67H,1-13H3/q+1/i1D3. The molecule has 9 aromatic rings. The Hall–Kier alpha value is -7.69. The first-order valence-electron chi connectivity index (χ1n) is 28.7. The zero-order valence-corrected chi connectivity index (χ0v) is 46.1. The van der Waals surface area contributed by atoms with Crippen molar-refractivity contribution in [2.75, 3.05) is 9.80 Å². The quantitative estimate of drug-likeness (QED) is 0.160. The molecule has 0 fully saturated rings. The van der Waals surface area contributed by atoms with Gasteiger partial charge >= 0.3 is 5.85 Å². The fraction of sp³-hybridized carbons (Fsp3) is 0.264. The number of fused-ring (bicyclic) bond motifs is 5. The first-order valence-corrected chi connectivity index (χ1v) is 27.2. The van der Waals surface area contributed by atoms with E-state index in [0.29, 0.717) is 11.3 Å². The lowest BCUT2D eigenvalue weighted by atomic mass is 9.77. The molecule has 4 heteroatoms.